The standard InChI is InChI=1S/C10H21NO/c1-10(2,3)8-12-9-5-4-6-11-7-9/h9,11H,4-8H2,1-3H3. The first kappa shape index (κ1) is 10.0. The van der Waals surface area contributed by atoms with Gasteiger partial charge < -0.3 is 10.1 Å². The highest BCUT2D eigenvalue weighted by molar-refractivity contribution is 4.70. The fourth-order valence-corrected chi connectivity index (χ4v) is 1.33. The highest BCUT2D eigenvalue weighted by Gasteiger charge is 2.17. The minimum Gasteiger partial charge on any atom is -0.376 e. The van der Waals surface area contributed by atoms with Crippen molar-refractivity contribution in [1.82, 2.24) is 5.32 Å². The number of ether oxygens (including phenoxy) is 1. The van der Waals surface area contributed by atoms with Crippen LogP contribution in [0.5, 0.6) is 0 Å². The van der Waals surface area contributed by atoms with Gasteiger partial charge in [-0.2, -0.15) is 0 Å². The van der Waals surface area contributed by atoms with E-state index >= 15 is 0 Å². The molecule has 2 heteroatoms. The quantitative estimate of drug-likeness (QED) is 0.684. The van der Waals surface area contributed by atoms with Crippen molar-refractivity contribution < 1.29 is 4.74 Å². The van der Waals surface area contributed by atoms with E-state index in [1.54, 1.807) is 0 Å². The summed E-state index contributed by atoms with van der Waals surface area (Å²) in [6.07, 6.45) is 2.94. The van der Waals surface area contributed by atoms with Crippen molar-refractivity contribution in [2.24, 2.45) is 5.41 Å². The largest absolute Gasteiger partial charge is 0.376 e. The molecule has 0 spiro atoms. The molecule has 1 N–H and O–H groups in total. The second kappa shape index (κ2) is 4.24. The lowest BCUT2D eigenvalue weighted by atomic mass is 9.98. The van der Waals surface area contributed by atoms with Crippen LogP contribution in [0.2, 0.25) is 0 Å². The summed E-state index contributed by atoms with van der Waals surface area (Å²) in [5.41, 5.74) is 0.303. The van der Waals surface area contributed by atoms with Gasteiger partial charge in [0.05, 0.1) is 12.7 Å². The Labute approximate surface area is 75.7 Å². The Hall–Kier alpha value is -0.0800. The van der Waals surface area contributed by atoms with Crippen molar-refractivity contribution >= 4 is 0 Å². The maximum absolute atomic E-state index is 5.78. The number of nitrogens with one attached hydrogen (secondary N) is 1. The topological polar surface area (TPSA) is 21.3 Å². The zero-order valence-electron chi connectivity index (χ0n) is 8.52. The van der Waals surface area contributed by atoms with Gasteiger partial charge in [-0.25, -0.2) is 0 Å². The van der Waals surface area contributed by atoms with Crippen molar-refractivity contribution in [2.75, 3.05) is 19.7 Å². The molecule has 2 nitrogen and oxygen atoms in total. The molecule has 0 saturated carbocycles. The van der Waals surface area contributed by atoms with Crippen LogP contribution in [0.3, 0.4) is 0 Å². The van der Waals surface area contributed by atoms with Crippen LogP contribution >= 0.6 is 0 Å². The smallest absolute Gasteiger partial charge is 0.0700 e. The van der Waals surface area contributed by atoms with Crippen molar-refractivity contribution in [1.29, 1.82) is 0 Å². The maximum Gasteiger partial charge on any atom is 0.0700 e. The molecule has 1 saturated heterocycles. The molecule has 0 aromatic heterocycles. The van der Waals surface area contributed by atoms with Gasteiger partial charge in [0.25, 0.3) is 0 Å². The summed E-state index contributed by atoms with van der Waals surface area (Å²) in [5.74, 6) is 0. The number of rotatable bonds is 2. The third kappa shape index (κ3) is 4.07. The van der Waals surface area contributed by atoms with Gasteiger partial charge in [0.2, 0.25) is 0 Å². The molecule has 0 aliphatic carbocycles. The van der Waals surface area contributed by atoms with Crippen LogP contribution in [0.1, 0.15) is 33.6 Å². The predicted octanol–water partition coefficient (Wildman–Crippen LogP) is 1.80. The van der Waals surface area contributed by atoms with Gasteiger partial charge in [0.1, 0.15) is 0 Å². The lowest BCUT2D eigenvalue weighted by molar-refractivity contribution is -0.00261. The summed E-state index contributed by atoms with van der Waals surface area (Å²) >= 11 is 0. The molecule has 0 radical (unpaired) electrons. The molecule has 1 rings (SSSR count). The molecule has 0 bridgehead atoms. The van der Waals surface area contributed by atoms with Crippen LogP contribution in [0, 0.1) is 5.41 Å². The molecule has 0 aromatic carbocycles. The third-order valence-electron chi connectivity index (χ3n) is 2.00. The van der Waals surface area contributed by atoms with Gasteiger partial charge in [-0.05, 0) is 24.8 Å². The Morgan fingerprint density at radius 1 is 1.42 bits per heavy atom. The Balaban J connectivity index is 2.13. The zero-order valence-corrected chi connectivity index (χ0v) is 8.52. The average Bonchev–Trinajstić information content (AvgIpc) is 2.02. The van der Waals surface area contributed by atoms with Crippen molar-refractivity contribution in [3.63, 3.8) is 0 Å². The normalized spacial score (nSPS) is 25.8. The van der Waals surface area contributed by atoms with Gasteiger partial charge in [-0.15, -0.1) is 0 Å². The highest BCUT2D eigenvalue weighted by atomic mass is 16.5. The Kier molecular flexibility index (Phi) is 3.53. The first-order valence-corrected chi connectivity index (χ1v) is 4.90. The van der Waals surface area contributed by atoms with Crippen molar-refractivity contribution in [3.05, 3.63) is 0 Å². The first-order chi connectivity index (χ1) is 5.58. The fourth-order valence-electron chi connectivity index (χ4n) is 1.33. The lowest BCUT2D eigenvalue weighted by Gasteiger charge is -2.27. The monoisotopic (exact) mass is 171 g/mol. The SMILES string of the molecule is CC(C)(C)COC1CCCNC1. The maximum atomic E-state index is 5.78. The van der Waals surface area contributed by atoms with Crippen molar-refractivity contribution in [2.45, 2.75) is 39.7 Å². The van der Waals surface area contributed by atoms with E-state index in [4.69, 9.17) is 4.74 Å². The van der Waals surface area contributed by atoms with E-state index in [1.165, 1.54) is 12.8 Å². The molecule has 1 heterocycles. The average molecular weight is 171 g/mol. The van der Waals surface area contributed by atoms with E-state index in [1.807, 2.05) is 0 Å². The Morgan fingerprint density at radius 2 is 2.17 bits per heavy atom. The van der Waals surface area contributed by atoms with E-state index < -0.39 is 0 Å². The molecule has 1 fully saturated rings. The molecule has 1 aliphatic rings. The zero-order chi connectivity index (χ0) is 9.03. The van der Waals surface area contributed by atoms with Crippen LogP contribution in [0.25, 0.3) is 0 Å². The summed E-state index contributed by atoms with van der Waals surface area (Å²) in [5, 5.41) is 3.35. The summed E-state index contributed by atoms with van der Waals surface area (Å²) in [4.78, 5) is 0. The molecule has 12 heavy (non-hydrogen) atoms. The molecule has 1 atom stereocenters. The molecule has 0 aromatic rings. The van der Waals surface area contributed by atoms with E-state index in [2.05, 4.69) is 26.1 Å². The molecule has 0 amide bonds. The van der Waals surface area contributed by atoms with Gasteiger partial charge in [0, 0.05) is 6.54 Å². The van der Waals surface area contributed by atoms with E-state index in [0.717, 1.165) is 19.7 Å². The fraction of sp³-hybridized carbons (Fsp3) is 1.00. The molecule has 1 aliphatic heterocycles. The molecular weight excluding hydrogens is 150 g/mol. The molecular formula is C10H21NO. The van der Waals surface area contributed by atoms with E-state index in [9.17, 15) is 0 Å². The summed E-state index contributed by atoms with van der Waals surface area (Å²) < 4.78 is 5.78. The minimum atomic E-state index is 0.303. The van der Waals surface area contributed by atoms with Crippen LogP contribution in [-0.2, 0) is 4.74 Å². The number of hydrogen-bond donors (Lipinski definition) is 1. The lowest BCUT2D eigenvalue weighted by Crippen LogP contribution is -2.36. The van der Waals surface area contributed by atoms with Crippen LogP contribution < -0.4 is 5.32 Å². The summed E-state index contributed by atoms with van der Waals surface area (Å²) in [6, 6.07) is 0. The Morgan fingerprint density at radius 3 is 2.67 bits per heavy atom. The van der Waals surface area contributed by atoms with Gasteiger partial charge in [-0.1, -0.05) is 20.8 Å². The van der Waals surface area contributed by atoms with E-state index in [0.29, 0.717) is 11.5 Å². The highest BCUT2D eigenvalue weighted by Crippen LogP contribution is 2.16. The number of hydrogen-bond acceptors (Lipinski definition) is 2. The third-order valence-corrected chi connectivity index (χ3v) is 2.00. The predicted molar refractivity (Wildman–Crippen MR) is 51.3 cm³/mol. The molecule has 1 unspecified atom stereocenters. The second-order valence-corrected chi connectivity index (χ2v) is 4.84. The van der Waals surface area contributed by atoms with Crippen LogP contribution in [0.15, 0.2) is 0 Å². The van der Waals surface area contributed by atoms with Crippen LogP contribution in [-0.4, -0.2) is 25.8 Å². The van der Waals surface area contributed by atoms with E-state index in [-0.39, 0.29) is 0 Å². The van der Waals surface area contributed by atoms with Gasteiger partial charge in [-0.3, -0.25) is 0 Å². The van der Waals surface area contributed by atoms with Gasteiger partial charge in [0.15, 0.2) is 0 Å². The Bertz CT molecular complexity index is 122. The molecule has 72 valence electrons. The summed E-state index contributed by atoms with van der Waals surface area (Å²) in [6.45, 7) is 9.71. The van der Waals surface area contributed by atoms with Crippen molar-refractivity contribution in [3.8, 4) is 0 Å². The van der Waals surface area contributed by atoms with Gasteiger partial charge >= 0.3 is 0 Å². The summed E-state index contributed by atoms with van der Waals surface area (Å²) in [7, 11) is 0. The second-order valence-electron chi connectivity index (χ2n) is 4.84. The van der Waals surface area contributed by atoms with Crippen LogP contribution in [0.4, 0.5) is 0 Å². The first-order valence-electron chi connectivity index (χ1n) is 4.90. The number of piperidine rings is 1. The minimum absolute atomic E-state index is 0.303.